The maximum atomic E-state index is 12.6. The van der Waals surface area contributed by atoms with Gasteiger partial charge in [-0.2, -0.15) is 11.8 Å². The van der Waals surface area contributed by atoms with Crippen LogP contribution in [0.25, 0.3) is 0 Å². The first-order chi connectivity index (χ1) is 15.1. The van der Waals surface area contributed by atoms with Crippen molar-refractivity contribution < 1.29 is 27.5 Å². The predicted molar refractivity (Wildman–Crippen MR) is 123 cm³/mol. The quantitative estimate of drug-likeness (QED) is 0.440. The Hall–Kier alpha value is -2.89. The predicted octanol–water partition coefficient (Wildman–Crippen LogP) is 1.68. The molecule has 1 unspecified atom stereocenters. The molecule has 0 saturated carbocycles. The lowest BCUT2D eigenvalue weighted by molar-refractivity contribution is -0.149. The summed E-state index contributed by atoms with van der Waals surface area (Å²) in [6.07, 6.45) is 2.22. The number of aryl methyl sites for hydroxylation is 1. The number of carbonyl (C=O) groups is 3. The second-order valence-corrected chi connectivity index (χ2v) is 9.39. The Morgan fingerprint density at radius 3 is 2.34 bits per heavy atom. The highest BCUT2D eigenvalue weighted by Gasteiger charge is 2.24. The molecule has 172 valence electrons. The van der Waals surface area contributed by atoms with Crippen LogP contribution in [0.4, 0.5) is 5.69 Å². The normalized spacial score (nSPS) is 12.0. The van der Waals surface area contributed by atoms with E-state index >= 15 is 0 Å². The van der Waals surface area contributed by atoms with E-state index in [1.54, 1.807) is 25.1 Å². The van der Waals surface area contributed by atoms with Crippen LogP contribution in [0.3, 0.4) is 0 Å². The molecule has 0 heterocycles. The molecule has 1 atom stereocenters. The third-order valence-electron chi connectivity index (χ3n) is 4.40. The lowest BCUT2D eigenvalue weighted by atomic mass is 10.1. The first-order valence-corrected chi connectivity index (χ1v) is 12.5. The number of amides is 2. The van der Waals surface area contributed by atoms with E-state index in [0.29, 0.717) is 23.4 Å². The smallest absolute Gasteiger partial charge is 0.329 e. The number of hydrogen-bond donors (Lipinski definition) is 3. The van der Waals surface area contributed by atoms with Crippen LogP contribution in [0, 0.1) is 6.92 Å². The number of benzene rings is 2. The fourth-order valence-electron chi connectivity index (χ4n) is 2.71. The zero-order valence-electron chi connectivity index (χ0n) is 17.7. The maximum Gasteiger partial charge on any atom is 0.329 e. The number of nitrogens with two attached hydrogens (primary N) is 1. The zero-order chi connectivity index (χ0) is 23.7. The van der Waals surface area contributed by atoms with Gasteiger partial charge in [-0.3, -0.25) is 9.59 Å². The number of hydrogen-bond acceptors (Lipinski definition) is 7. The molecule has 2 aromatic carbocycles. The van der Waals surface area contributed by atoms with Crippen LogP contribution in [0.15, 0.2) is 53.4 Å². The molecule has 0 aliphatic carbocycles. The number of rotatable bonds is 10. The molecule has 0 aliphatic rings. The van der Waals surface area contributed by atoms with Crippen molar-refractivity contribution in [1.82, 2.24) is 5.32 Å². The minimum atomic E-state index is -3.84. The van der Waals surface area contributed by atoms with E-state index in [9.17, 15) is 22.8 Å². The molecule has 2 rings (SSSR count). The third-order valence-corrected chi connectivity index (χ3v) is 5.98. The number of ether oxygens (including phenoxy) is 1. The largest absolute Gasteiger partial charge is 0.454 e. The van der Waals surface area contributed by atoms with E-state index in [2.05, 4.69) is 10.6 Å². The topological polar surface area (TPSA) is 145 Å². The van der Waals surface area contributed by atoms with E-state index in [1.807, 2.05) is 12.3 Å². The van der Waals surface area contributed by atoms with Gasteiger partial charge in [0.25, 0.3) is 11.8 Å². The van der Waals surface area contributed by atoms with Crippen molar-refractivity contribution >= 4 is 45.3 Å². The first-order valence-electron chi connectivity index (χ1n) is 9.56. The maximum absolute atomic E-state index is 12.6. The summed E-state index contributed by atoms with van der Waals surface area (Å²) in [6.45, 7) is 1.23. The van der Waals surface area contributed by atoms with Crippen molar-refractivity contribution in [2.45, 2.75) is 24.3 Å². The SMILES string of the molecule is CSCCC(NC(=O)c1ccccc1C)C(=O)OCC(=O)Nc1ccc(S(N)(=O)=O)cc1. The van der Waals surface area contributed by atoms with Crippen LogP contribution in [0.1, 0.15) is 22.3 Å². The number of nitrogens with one attached hydrogen (secondary N) is 2. The fraction of sp³-hybridized carbons (Fsp3) is 0.286. The van der Waals surface area contributed by atoms with Gasteiger partial charge in [0, 0.05) is 11.3 Å². The van der Waals surface area contributed by atoms with E-state index in [1.165, 1.54) is 36.0 Å². The van der Waals surface area contributed by atoms with Crippen LogP contribution < -0.4 is 15.8 Å². The molecule has 2 amide bonds. The summed E-state index contributed by atoms with van der Waals surface area (Å²) < 4.78 is 27.6. The summed E-state index contributed by atoms with van der Waals surface area (Å²) in [6, 6.07) is 11.3. The Morgan fingerprint density at radius 1 is 1.09 bits per heavy atom. The molecule has 2 aromatic rings. The second kappa shape index (κ2) is 11.7. The van der Waals surface area contributed by atoms with Crippen LogP contribution in [-0.4, -0.2) is 50.9 Å². The highest BCUT2D eigenvalue weighted by atomic mass is 32.2. The average molecular weight is 480 g/mol. The van der Waals surface area contributed by atoms with Crippen LogP contribution >= 0.6 is 11.8 Å². The van der Waals surface area contributed by atoms with Gasteiger partial charge >= 0.3 is 5.97 Å². The third kappa shape index (κ3) is 7.66. The molecule has 0 spiro atoms. The lowest BCUT2D eigenvalue weighted by Gasteiger charge is -2.18. The van der Waals surface area contributed by atoms with E-state index in [0.717, 1.165) is 5.56 Å². The van der Waals surface area contributed by atoms with Crippen molar-refractivity contribution in [3.63, 3.8) is 0 Å². The summed E-state index contributed by atoms with van der Waals surface area (Å²) in [4.78, 5) is 37.1. The fourth-order valence-corrected chi connectivity index (χ4v) is 3.70. The van der Waals surface area contributed by atoms with Gasteiger partial charge in [-0.25, -0.2) is 18.4 Å². The van der Waals surface area contributed by atoms with Gasteiger partial charge in [-0.1, -0.05) is 18.2 Å². The average Bonchev–Trinajstić information content (AvgIpc) is 2.74. The van der Waals surface area contributed by atoms with Crippen molar-refractivity contribution in [3.8, 4) is 0 Å². The molecule has 0 saturated heterocycles. The lowest BCUT2D eigenvalue weighted by Crippen LogP contribution is -2.43. The molecule has 0 radical (unpaired) electrons. The van der Waals surface area contributed by atoms with Crippen molar-refractivity contribution in [2.24, 2.45) is 5.14 Å². The first kappa shape index (κ1) is 25.4. The summed E-state index contributed by atoms with van der Waals surface area (Å²) in [5.74, 6) is -1.13. The van der Waals surface area contributed by atoms with Crippen molar-refractivity contribution in [3.05, 3.63) is 59.7 Å². The minimum absolute atomic E-state index is 0.0945. The van der Waals surface area contributed by atoms with Crippen molar-refractivity contribution in [2.75, 3.05) is 23.9 Å². The molecule has 0 aromatic heterocycles. The van der Waals surface area contributed by atoms with E-state index in [4.69, 9.17) is 9.88 Å². The number of anilines is 1. The molecule has 4 N–H and O–H groups in total. The second-order valence-electron chi connectivity index (χ2n) is 6.85. The monoisotopic (exact) mass is 479 g/mol. The molecule has 32 heavy (non-hydrogen) atoms. The van der Waals surface area contributed by atoms with Gasteiger partial charge in [0.1, 0.15) is 6.04 Å². The highest BCUT2D eigenvalue weighted by Crippen LogP contribution is 2.13. The molecule has 0 fully saturated rings. The Bertz CT molecular complexity index is 1070. The van der Waals surface area contributed by atoms with Crippen molar-refractivity contribution in [1.29, 1.82) is 0 Å². The number of sulfonamides is 1. The summed E-state index contributed by atoms with van der Waals surface area (Å²) >= 11 is 1.51. The Morgan fingerprint density at radius 2 is 1.75 bits per heavy atom. The molecule has 9 nitrogen and oxygen atoms in total. The number of esters is 1. The Labute approximate surface area is 191 Å². The number of primary sulfonamides is 1. The summed E-state index contributed by atoms with van der Waals surface area (Å²) in [5, 5.41) is 10.2. The highest BCUT2D eigenvalue weighted by molar-refractivity contribution is 7.98. The zero-order valence-corrected chi connectivity index (χ0v) is 19.3. The molecule has 0 aliphatic heterocycles. The molecular weight excluding hydrogens is 454 g/mol. The van der Waals surface area contributed by atoms with Gasteiger partial charge in [0.15, 0.2) is 6.61 Å². The summed E-state index contributed by atoms with van der Waals surface area (Å²) in [7, 11) is -3.84. The Kier molecular flexibility index (Phi) is 9.24. The number of carbonyl (C=O) groups excluding carboxylic acids is 3. The van der Waals surface area contributed by atoms with Gasteiger partial charge in [0.2, 0.25) is 10.0 Å². The molecular formula is C21H25N3O6S2. The van der Waals surface area contributed by atoms with E-state index in [-0.39, 0.29) is 4.90 Å². The van der Waals surface area contributed by atoms with Crippen LogP contribution in [0.2, 0.25) is 0 Å². The van der Waals surface area contributed by atoms with Crippen LogP contribution in [-0.2, 0) is 24.3 Å². The standard InChI is InChI=1S/C21H25N3O6S2/c1-14-5-3-4-6-17(14)20(26)24-18(11-12-31-2)21(27)30-13-19(25)23-15-7-9-16(10-8-15)32(22,28)29/h3-10,18H,11-13H2,1-2H3,(H,23,25)(H,24,26)(H2,22,28,29). The van der Waals surface area contributed by atoms with Gasteiger partial charge < -0.3 is 15.4 Å². The van der Waals surface area contributed by atoms with E-state index < -0.39 is 40.5 Å². The van der Waals surface area contributed by atoms with Gasteiger partial charge in [0.05, 0.1) is 4.90 Å². The molecule has 11 heteroatoms. The molecule has 0 bridgehead atoms. The Balaban J connectivity index is 1.95. The van der Waals surface area contributed by atoms with Crippen LogP contribution in [0.5, 0.6) is 0 Å². The number of thioether (sulfide) groups is 1. The van der Waals surface area contributed by atoms with Gasteiger partial charge in [-0.05, 0) is 61.2 Å². The minimum Gasteiger partial charge on any atom is -0.454 e. The van der Waals surface area contributed by atoms with Gasteiger partial charge in [-0.15, -0.1) is 0 Å². The summed E-state index contributed by atoms with van der Waals surface area (Å²) in [5.41, 5.74) is 1.54.